The normalized spacial score (nSPS) is 12.0. The quantitative estimate of drug-likeness (QED) is 0.507. The Kier molecular flexibility index (Phi) is 4.85. The van der Waals surface area contributed by atoms with Gasteiger partial charge in [0.1, 0.15) is 11.5 Å². The van der Waals surface area contributed by atoms with Crippen molar-refractivity contribution >= 4 is 16.8 Å². The largest absolute Gasteiger partial charge is 0.493 e. The highest BCUT2D eigenvalue weighted by Crippen LogP contribution is 2.35. The molecule has 0 bridgehead atoms. The standard InChI is InChI=1S/C22H21N3O3/c1-14(15-7-5-4-6-8-15)24-21-12-17-20(13-23-21)28-25-22(17)16-9-10-18(26-2)19(11-16)27-3/h4-14H,1-3H3,(H,23,24)/t14-/m0/s1. The smallest absolute Gasteiger partial charge is 0.185 e. The van der Waals surface area contributed by atoms with Crippen LogP contribution >= 0.6 is 0 Å². The number of nitrogens with one attached hydrogen (secondary N) is 1. The maximum Gasteiger partial charge on any atom is 0.185 e. The van der Waals surface area contributed by atoms with E-state index in [0.29, 0.717) is 17.1 Å². The van der Waals surface area contributed by atoms with Gasteiger partial charge in [0.15, 0.2) is 17.1 Å². The van der Waals surface area contributed by atoms with Gasteiger partial charge in [0.05, 0.1) is 25.8 Å². The van der Waals surface area contributed by atoms with Gasteiger partial charge in [-0.3, -0.25) is 0 Å². The molecule has 28 heavy (non-hydrogen) atoms. The lowest BCUT2D eigenvalue weighted by Crippen LogP contribution is -2.07. The minimum absolute atomic E-state index is 0.121. The number of benzene rings is 2. The van der Waals surface area contributed by atoms with Gasteiger partial charge in [-0.25, -0.2) is 4.98 Å². The molecular formula is C22H21N3O3. The number of ether oxygens (including phenoxy) is 2. The Morgan fingerprint density at radius 1 is 0.964 bits per heavy atom. The van der Waals surface area contributed by atoms with E-state index in [-0.39, 0.29) is 6.04 Å². The van der Waals surface area contributed by atoms with Crippen LogP contribution in [-0.2, 0) is 0 Å². The predicted molar refractivity (Wildman–Crippen MR) is 109 cm³/mol. The fourth-order valence-electron chi connectivity index (χ4n) is 3.16. The zero-order chi connectivity index (χ0) is 19.5. The van der Waals surface area contributed by atoms with Crippen LogP contribution in [0.5, 0.6) is 11.5 Å². The van der Waals surface area contributed by atoms with E-state index in [1.54, 1.807) is 20.4 Å². The molecule has 1 atom stereocenters. The van der Waals surface area contributed by atoms with E-state index in [1.165, 1.54) is 5.56 Å². The van der Waals surface area contributed by atoms with E-state index >= 15 is 0 Å². The lowest BCUT2D eigenvalue weighted by molar-refractivity contribution is 0.355. The molecule has 6 nitrogen and oxygen atoms in total. The van der Waals surface area contributed by atoms with E-state index in [0.717, 1.165) is 22.5 Å². The maximum absolute atomic E-state index is 5.47. The highest BCUT2D eigenvalue weighted by molar-refractivity contribution is 5.93. The molecule has 0 saturated carbocycles. The molecule has 0 radical (unpaired) electrons. The van der Waals surface area contributed by atoms with Gasteiger partial charge in [0.25, 0.3) is 0 Å². The third-order valence-electron chi connectivity index (χ3n) is 4.68. The summed E-state index contributed by atoms with van der Waals surface area (Å²) in [6, 6.07) is 18.0. The van der Waals surface area contributed by atoms with Gasteiger partial charge in [-0.15, -0.1) is 0 Å². The highest BCUT2D eigenvalue weighted by atomic mass is 16.5. The molecule has 0 spiro atoms. The second-order valence-corrected chi connectivity index (χ2v) is 6.44. The topological polar surface area (TPSA) is 69.4 Å². The van der Waals surface area contributed by atoms with Crippen molar-refractivity contribution in [3.8, 4) is 22.8 Å². The van der Waals surface area contributed by atoms with Crippen molar-refractivity contribution in [1.82, 2.24) is 10.1 Å². The monoisotopic (exact) mass is 375 g/mol. The number of nitrogens with zero attached hydrogens (tertiary/aromatic N) is 2. The van der Waals surface area contributed by atoms with Crippen LogP contribution in [-0.4, -0.2) is 24.4 Å². The van der Waals surface area contributed by atoms with Crippen molar-refractivity contribution in [2.75, 3.05) is 19.5 Å². The summed E-state index contributed by atoms with van der Waals surface area (Å²) < 4.78 is 16.2. The number of fused-ring (bicyclic) bond motifs is 1. The first kappa shape index (κ1) is 17.9. The predicted octanol–water partition coefficient (Wildman–Crippen LogP) is 5.08. The van der Waals surface area contributed by atoms with Crippen molar-refractivity contribution in [3.05, 3.63) is 66.4 Å². The van der Waals surface area contributed by atoms with Gasteiger partial charge in [-0.2, -0.15) is 0 Å². The first-order valence-electron chi connectivity index (χ1n) is 8.99. The highest BCUT2D eigenvalue weighted by Gasteiger charge is 2.15. The van der Waals surface area contributed by atoms with Gasteiger partial charge in [0.2, 0.25) is 0 Å². The second-order valence-electron chi connectivity index (χ2n) is 6.44. The van der Waals surface area contributed by atoms with Crippen molar-refractivity contribution in [3.63, 3.8) is 0 Å². The minimum Gasteiger partial charge on any atom is -0.493 e. The Balaban J connectivity index is 1.69. The summed E-state index contributed by atoms with van der Waals surface area (Å²) in [5.41, 5.74) is 3.43. The summed E-state index contributed by atoms with van der Waals surface area (Å²) in [4.78, 5) is 4.45. The Hall–Kier alpha value is -3.54. The lowest BCUT2D eigenvalue weighted by atomic mass is 10.1. The number of hydrogen-bond acceptors (Lipinski definition) is 6. The van der Waals surface area contributed by atoms with E-state index in [2.05, 4.69) is 34.5 Å². The zero-order valence-electron chi connectivity index (χ0n) is 16.0. The van der Waals surface area contributed by atoms with Crippen LogP contribution in [0.1, 0.15) is 18.5 Å². The Morgan fingerprint density at radius 3 is 2.50 bits per heavy atom. The van der Waals surface area contributed by atoms with Crippen LogP contribution in [0.2, 0.25) is 0 Å². The molecule has 142 valence electrons. The number of aromatic nitrogens is 2. The molecule has 0 aliphatic rings. The lowest BCUT2D eigenvalue weighted by Gasteiger charge is -2.14. The molecule has 1 N–H and O–H groups in total. The maximum atomic E-state index is 5.47. The first-order chi connectivity index (χ1) is 13.7. The molecule has 4 aromatic rings. The molecule has 2 aromatic heterocycles. The van der Waals surface area contributed by atoms with Crippen molar-refractivity contribution in [2.24, 2.45) is 0 Å². The molecular weight excluding hydrogens is 354 g/mol. The number of rotatable bonds is 6. The number of pyridine rings is 1. The summed E-state index contributed by atoms with van der Waals surface area (Å²) in [5.74, 6) is 2.06. The molecule has 0 aliphatic heterocycles. The molecule has 0 saturated heterocycles. The summed E-state index contributed by atoms with van der Waals surface area (Å²) >= 11 is 0. The van der Waals surface area contributed by atoms with Crippen LogP contribution in [0.3, 0.4) is 0 Å². The molecule has 0 unspecified atom stereocenters. The van der Waals surface area contributed by atoms with Crippen molar-refractivity contribution in [2.45, 2.75) is 13.0 Å². The van der Waals surface area contributed by atoms with Gasteiger partial charge in [-0.1, -0.05) is 35.5 Å². The summed E-state index contributed by atoms with van der Waals surface area (Å²) in [6.45, 7) is 2.10. The minimum atomic E-state index is 0.121. The molecule has 2 heterocycles. The number of hydrogen-bond donors (Lipinski definition) is 1. The zero-order valence-corrected chi connectivity index (χ0v) is 16.0. The Bertz CT molecular complexity index is 1090. The summed E-state index contributed by atoms with van der Waals surface area (Å²) in [5, 5.41) is 8.55. The van der Waals surface area contributed by atoms with Crippen LogP contribution < -0.4 is 14.8 Å². The van der Waals surface area contributed by atoms with E-state index in [1.807, 2.05) is 42.5 Å². The SMILES string of the molecule is COc1ccc(-c2noc3cnc(N[C@@H](C)c4ccccc4)cc23)cc1OC. The molecule has 0 aliphatic carbocycles. The van der Waals surface area contributed by atoms with Crippen LogP contribution in [0, 0.1) is 0 Å². The Labute approximate surface area is 163 Å². The van der Waals surface area contributed by atoms with Crippen LogP contribution in [0.15, 0.2) is 65.3 Å². The number of anilines is 1. The van der Waals surface area contributed by atoms with Crippen LogP contribution in [0.4, 0.5) is 5.82 Å². The van der Waals surface area contributed by atoms with Crippen LogP contribution in [0.25, 0.3) is 22.2 Å². The Morgan fingerprint density at radius 2 is 1.75 bits per heavy atom. The van der Waals surface area contributed by atoms with Gasteiger partial charge >= 0.3 is 0 Å². The summed E-state index contributed by atoms with van der Waals surface area (Å²) in [6.07, 6.45) is 1.69. The van der Waals surface area contributed by atoms with Gasteiger partial charge < -0.3 is 19.3 Å². The molecule has 0 fully saturated rings. The molecule has 0 amide bonds. The second kappa shape index (κ2) is 7.60. The average Bonchev–Trinajstić information content (AvgIpc) is 3.17. The van der Waals surface area contributed by atoms with E-state index < -0.39 is 0 Å². The van der Waals surface area contributed by atoms with Gasteiger partial charge in [-0.05, 0) is 36.8 Å². The summed E-state index contributed by atoms with van der Waals surface area (Å²) in [7, 11) is 3.22. The first-order valence-corrected chi connectivity index (χ1v) is 8.99. The average molecular weight is 375 g/mol. The van der Waals surface area contributed by atoms with E-state index in [9.17, 15) is 0 Å². The molecule has 6 heteroatoms. The number of methoxy groups -OCH3 is 2. The van der Waals surface area contributed by atoms with Gasteiger partial charge in [0, 0.05) is 11.6 Å². The van der Waals surface area contributed by atoms with Crippen molar-refractivity contribution < 1.29 is 14.0 Å². The fourth-order valence-corrected chi connectivity index (χ4v) is 3.16. The third-order valence-corrected chi connectivity index (χ3v) is 4.68. The molecule has 4 rings (SSSR count). The van der Waals surface area contributed by atoms with Crippen molar-refractivity contribution in [1.29, 1.82) is 0 Å². The fraction of sp³-hybridized carbons (Fsp3) is 0.182. The molecule has 2 aromatic carbocycles. The third kappa shape index (κ3) is 3.36. The van der Waals surface area contributed by atoms with E-state index in [4.69, 9.17) is 14.0 Å².